The molecule has 3 aromatic carbocycles. The second-order valence-corrected chi connectivity index (χ2v) is 6.87. The molecule has 0 atom stereocenters. The summed E-state index contributed by atoms with van der Waals surface area (Å²) in [5, 5.41) is 0. The van der Waals surface area contributed by atoms with Gasteiger partial charge < -0.3 is 9.64 Å². The van der Waals surface area contributed by atoms with Crippen molar-refractivity contribution in [3.05, 3.63) is 107 Å². The van der Waals surface area contributed by atoms with E-state index in [9.17, 15) is 9.59 Å². The Morgan fingerprint density at radius 3 is 2.13 bits per heavy atom. The molecule has 0 unspecified atom stereocenters. The van der Waals surface area contributed by atoms with Crippen LogP contribution in [0, 0.1) is 0 Å². The number of Topliss-reactive ketones (excluding diaryl/α,β-unsaturated/α-hetero) is 1. The summed E-state index contributed by atoms with van der Waals surface area (Å²) in [5.41, 5.74) is 3.34. The molecule has 0 bridgehead atoms. The highest BCUT2D eigenvalue weighted by Gasteiger charge is 2.22. The highest BCUT2D eigenvalue weighted by atomic mass is 16.5. The molecule has 0 heterocycles. The average Bonchev–Trinajstić information content (AvgIpc) is 2.78. The minimum absolute atomic E-state index is 0.0172. The topological polar surface area (TPSA) is 46.6 Å². The van der Waals surface area contributed by atoms with Crippen LogP contribution in [0.2, 0.25) is 0 Å². The summed E-state index contributed by atoms with van der Waals surface area (Å²) in [5.74, 6) is -0.971. The predicted molar refractivity (Wildman–Crippen MR) is 120 cm³/mol. The third-order valence-corrected chi connectivity index (χ3v) is 4.69. The number of carbonyl (C=O) groups is 2. The maximum absolute atomic E-state index is 13.1. The van der Waals surface area contributed by atoms with Crippen LogP contribution in [0.3, 0.4) is 0 Å². The molecule has 0 radical (unpaired) electrons. The van der Waals surface area contributed by atoms with Gasteiger partial charge in [0.2, 0.25) is 0 Å². The van der Waals surface area contributed by atoms with Gasteiger partial charge in [-0.1, -0.05) is 78.9 Å². The number of carbonyl (C=O) groups excluding carboxylic acids is 2. The molecular weight excluding hydrogens is 374 g/mol. The zero-order chi connectivity index (χ0) is 21.3. The van der Waals surface area contributed by atoms with E-state index >= 15 is 0 Å². The molecule has 0 N–H and O–H groups in total. The number of ether oxygens (including phenoxy) is 1. The van der Waals surface area contributed by atoms with Crippen molar-refractivity contribution < 1.29 is 14.3 Å². The second-order valence-electron chi connectivity index (χ2n) is 6.87. The molecule has 30 heavy (non-hydrogen) atoms. The zero-order valence-electron chi connectivity index (χ0n) is 17.2. The largest absolute Gasteiger partial charge is 0.462 e. The Balaban J connectivity index is 1.98. The van der Waals surface area contributed by atoms with Gasteiger partial charge in [0.25, 0.3) is 0 Å². The standard InChI is InChI=1S/C26H25NO3/c1-3-30-26(29)23(25(28)21-14-8-5-9-15-21)18-22-16-10-11-17-24(22)27(2)19-20-12-6-4-7-13-20/h4-18H,3,19H2,1-2H3. The normalized spacial score (nSPS) is 11.1. The zero-order valence-corrected chi connectivity index (χ0v) is 17.2. The summed E-state index contributed by atoms with van der Waals surface area (Å²) in [7, 11) is 1.99. The molecular formula is C26H25NO3. The highest BCUT2D eigenvalue weighted by molar-refractivity contribution is 6.27. The van der Waals surface area contributed by atoms with Crippen molar-refractivity contribution in [3.8, 4) is 0 Å². The van der Waals surface area contributed by atoms with Gasteiger partial charge in [-0.05, 0) is 30.2 Å². The van der Waals surface area contributed by atoms with E-state index in [1.54, 1.807) is 37.3 Å². The fourth-order valence-electron chi connectivity index (χ4n) is 3.23. The van der Waals surface area contributed by atoms with E-state index in [1.165, 1.54) is 5.56 Å². The first kappa shape index (κ1) is 21.1. The van der Waals surface area contributed by atoms with Crippen LogP contribution in [0.5, 0.6) is 0 Å². The summed E-state index contributed by atoms with van der Waals surface area (Å²) >= 11 is 0. The Bertz CT molecular complexity index is 1030. The number of ketones is 1. The monoisotopic (exact) mass is 399 g/mol. The van der Waals surface area contributed by atoms with Crippen LogP contribution in [0.4, 0.5) is 5.69 Å². The van der Waals surface area contributed by atoms with Crippen LogP contribution in [0.25, 0.3) is 6.08 Å². The van der Waals surface area contributed by atoms with Crippen molar-refractivity contribution in [2.24, 2.45) is 0 Å². The molecule has 0 spiro atoms. The van der Waals surface area contributed by atoms with E-state index in [1.807, 2.05) is 55.6 Å². The number of benzene rings is 3. The van der Waals surface area contributed by atoms with Gasteiger partial charge in [0, 0.05) is 24.8 Å². The van der Waals surface area contributed by atoms with Crippen LogP contribution >= 0.6 is 0 Å². The van der Waals surface area contributed by atoms with E-state index in [0.717, 1.165) is 11.3 Å². The number of anilines is 1. The van der Waals surface area contributed by atoms with Crippen molar-refractivity contribution >= 4 is 23.5 Å². The molecule has 4 nitrogen and oxygen atoms in total. The van der Waals surface area contributed by atoms with Crippen LogP contribution < -0.4 is 4.90 Å². The minimum Gasteiger partial charge on any atom is -0.462 e. The third-order valence-electron chi connectivity index (χ3n) is 4.69. The maximum atomic E-state index is 13.1. The van der Waals surface area contributed by atoms with Crippen LogP contribution in [0.1, 0.15) is 28.4 Å². The molecule has 3 rings (SSSR count). The van der Waals surface area contributed by atoms with E-state index < -0.39 is 5.97 Å². The lowest BCUT2D eigenvalue weighted by molar-refractivity contribution is -0.137. The van der Waals surface area contributed by atoms with E-state index in [0.29, 0.717) is 12.1 Å². The molecule has 0 aromatic heterocycles. The predicted octanol–water partition coefficient (Wildman–Crippen LogP) is 5.15. The van der Waals surface area contributed by atoms with Gasteiger partial charge in [-0.15, -0.1) is 0 Å². The lowest BCUT2D eigenvalue weighted by Crippen LogP contribution is -2.19. The van der Waals surface area contributed by atoms with Gasteiger partial charge in [-0.2, -0.15) is 0 Å². The highest BCUT2D eigenvalue weighted by Crippen LogP contribution is 2.25. The molecule has 4 heteroatoms. The molecule has 0 saturated carbocycles. The summed E-state index contributed by atoms with van der Waals surface area (Å²) in [4.78, 5) is 27.8. The van der Waals surface area contributed by atoms with Gasteiger partial charge in [0.1, 0.15) is 5.57 Å². The Labute approximate surface area is 177 Å². The molecule has 0 aliphatic rings. The van der Waals surface area contributed by atoms with Crippen molar-refractivity contribution in [1.29, 1.82) is 0 Å². The van der Waals surface area contributed by atoms with E-state index in [4.69, 9.17) is 4.74 Å². The fourth-order valence-corrected chi connectivity index (χ4v) is 3.23. The summed E-state index contributed by atoms with van der Waals surface area (Å²) < 4.78 is 5.17. The number of rotatable bonds is 8. The number of hydrogen-bond acceptors (Lipinski definition) is 4. The van der Waals surface area contributed by atoms with Gasteiger partial charge in [0.05, 0.1) is 6.61 Å². The van der Waals surface area contributed by atoms with Gasteiger partial charge in [0.15, 0.2) is 5.78 Å². The SMILES string of the molecule is CCOC(=O)C(=Cc1ccccc1N(C)Cc1ccccc1)C(=O)c1ccccc1. The third kappa shape index (κ3) is 5.23. The van der Waals surface area contributed by atoms with Crippen LogP contribution in [-0.2, 0) is 16.1 Å². The van der Waals surface area contributed by atoms with Crippen LogP contribution in [0.15, 0.2) is 90.5 Å². The quantitative estimate of drug-likeness (QED) is 0.173. The van der Waals surface area contributed by atoms with Gasteiger partial charge >= 0.3 is 5.97 Å². The average molecular weight is 399 g/mol. The van der Waals surface area contributed by atoms with Crippen LogP contribution in [-0.4, -0.2) is 25.4 Å². The molecule has 152 valence electrons. The molecule has 0 aliphatic heterocycles. The number of nitrogens with zero attached hydrogens (tertiary/aromatic N) is 1. The van der Waals surface area contributed by atoms with Crippen molar-refractivity contribution in [2.45, 2.75) is 13.5 Å². The van der Waals surface area contributed by atoms with Crippen molar-refractivity contribution in [3.63, 3.8) is 0 Å². The number of esters is 1. The summed E-state index contributed by atoms with van der Waals surface area (Å²) in [6.07, 6.45) is 1.63. The first-order chi connectivity index (χ1) is 14.6. The fraction of sp³-hybridized carbons (Fsp3) is 0.154. The second kappa shape index (κ2) is 10.2. The molecule has 3 aromatic rings. The van der Waals surface area contributed by atoms with Crippen molar-refractivity contribution in [2.75, 3.05) is 18.6 Å². The lowest BCUT2D eigenvalue weighted by Gasteiger charge is -2.22. The Morgan fingerprint density at radius 2 is 1.47 bits per heavy atom. The lowest BCUT2D eigenvalue weighted by atomic mass is 10.00. The van der Waals surface area contributed by atoms with Gasteiger partial charge in [-0.25, -0.2) is 4.79 Å². The Morgan fingerprint density at radius 1 is 0.867 bits per heavy atom. The minimum atomic E-state index is -0.619. The molecule has 0 saturated heterocycles. The summed E-state index contributed by atoms with van der Waals surface area (Å²) in [6.45, 7) is 2.63. The Kier molecular flexibility index (Phi) is 7.17. The van der Waals surface area contributed by atoms with E-state index in [2.05, 4.69) is 17.0 Å². The number of para-hydroxylation sites is 1. The smallest absolute Gasteiger partial charge is 0.342 e. The summed E-state index contributed by atoms with van der Waals surface area (Å²) in [6, 6.07) is 26.6. The Hall–Kier alpha value is -3.66. The van der Waals surface area contributed by atoms with Gasteiger partial charge in [-0.3, -0.25) is 4.79 Å². The first-order valence-electron chi connectivity index (χ1n) is 9.92. The maximum Gasteiger partial charge on any atom is 0.342 e. The first-order valence-corrected chi connectivity index (χ1v) is 9.92. The molecule has 0 fully saturated rings. The van der Waals surface area contributed by atoms with E-state index in [-0.39, 0.29) is 18.0 Å². The molecule has 0 aliphatic carbocycles. The molecule has 0 amide bonds. The number of hydrogen-bond donors (Lipinski definition) is 0. The van der Waals surface area contributed by atoms with Crippen molar-refractivity contribution in [1.82, 2.24) is 0 Å².